The third-order valence-corrected chi connectivity index (χ3v) is 5.05. The van der Waals surface area contributed by atoms with E-state index in [0.29, 0.717) is 11.6 Å². The van der Waals surface area contributed by atoms with Crippen LogP contribution in [0.15, 0.2) is 12.4 Å². The van der Waals surface area contributed by atoms with Gasteiger partial charge in [-0.1, -0.05) is 19.3 Å². The molecule has 1 unspecified atom stereocenters. The maximum Gasteiger partial charge on any atom is 0.0537 e. The molecule has 1 aromatic heterocycles. The lowest BCUT2D eigenvalue weighted by Crippen LogP contribution is -2.62. The van der Waals surface area contributed by atoms with E-state index in [9.17, 15) is 0 Å². The second-order valence-electron chi connectivity index (χ2n) is 6.28. The van der Waals surface area contributed by atoms with Crippen LogP contribution >= 0.6 is 0 Å². The first-order chi connectivity index (χ1) is 9.21. The molecular weight excluding hydrogens is 236 g/mol. The molecule has 1 aliphatic heterocycles. The fourth-order valence-corrected chi connectivity index (χ4v) is 3.97. The molecule has 1 atom stereocenters. The minimum atomic E-state index is 0.395. The zero-order chi connectivity index (χ0) is 13.3. The van der Waals surface area contributed by atoms with Crippen molar-refractivity contribution in [3.63, 3.8) is 0 Å². The van der Waals surface area contributed by atoms with Crippen molar-refractivity contribution in [3.05, 3.63) is 18.0 Å². The summed E-state index contributed by atoms with van der Waals surface area (Å²) in [6, 6.07) is 0.480. The van der Waals surface area contributed by atoms with E-state index >= 15 is 0 Å². The summed E-state index contributed by atoms with van der Waals surface area (Å²) in [6.45, 7) is 5.79. The van der Waals surface area contributed by atoms with Crippen LogP contribution < -0.4 is 5.32 Å². The SMILES string of the molecule is CC(c1cnn(C)c1)N1CCNCC12CCCCC2. The molecule has 0 aromatic carbocycles. The van der Waals surface area contributed by atoms with Gasteiger partial charge >= 0.3 is 0 Å². The summed E-state index contributed by atoms with van der Waals surface area (Å²) in [4.78, 5) is 2.75. The maximum absolute atomic E-state index is 4.34. The van der Waals surface area contributed by atoms with Crippen molar-refractivity contribution in [3.8, 4) is 0 Å². The molecule has 0 bridgehead atoms. The van der Waals surface area contributed by atoms with Gasteiger partial charge in [0.05, 0.1) is 6.20 Å². The molecule has 1 aliphatic carbocycles. The number of piperazine rings is 1. The quantitative estimate of drug-likeness (QED) is 0.886. The van der Waals surface area contributed by atoms with Gasteiger partial charge in [-0.3, -0.25) is 9.58 Å². The van der Waals surface area contributed by atoms with Crippen molar-refractivity contribution < 1.29 is 0 Å². The minimum Gasteiger partial charge on any atom is -0.314 e. The van der Waals surface area contributed by atoms with Crippen LogP contribution in [-0.2, 0) is 7.05 Å². The summed E-state index contributed by atoms with van der Waals surface area (Å²) in [7, 11) is 2.00. The predicted octanol–water partition coefficient (Wildman–Crippen LogP) is 2.09. The van der Waals surface area contributed by atoms with E-state index in [-0.39, 0.29) is 0 Å². The van der Waals surface area contributed by atoms with Gasteiger partial charge in [-0.2, -0.15) is 5.10 Å². The Kier molecular flexibility index (Phi) is 3.63. The highest BCUT2D eigenvalue weighted by Gasteiger charge is 2.42. The summed E-state index contributed by atoms with van der Waals surface area (Å²) in [5.74, 6) is 0. The number of nitrogens with one attached hydrogen (secondary N) is 1. The normalized spacial score (nSPS) is 25.6. The Morgan fingerprint density at radius 2 is 2.11 bits per heavy atom. The largest absolute Gasteiger partial charge is 0.314 e. The van der Waals surface area contributed by atoms with E-state index in [1.807, 2.05) is 17.9 Å². The highest BCUT2D eigenvalue weighted by molar-refractivity contribution is 5.13. The van der Waals surface area contributed by atoms with Gasteiger partial charge in [-0.25, -0.2) is 0 Å². The number of aryl methyl sites for hydroxylation is 1. The van der Waals surface area contributed by atoms with Crippen LogP contribution in [0.25, 0.3) is 0 Å². The van der Waals surface area contributed by atoms with E-state index in [0.717, 1.165) is 19.6 Å². The summed E-state index contributed by atoms with van der Waals surface area (Å²) in [5.41, 5.74) is 1.75. The molecule has 4 nitrogen and oxygen atoms in total. The lowest BCUT2D eigenvalue weighted by atomic mass is 9.78. The third kappa shape index (κ3) is 2.43. The van der Waals surface area contributed by atoms with Crippen molar-refractivity contribution in [1.29, 1.82) is 0 Å². The first-order valence-corrected chi connectivity index (χ1v) is 7.67. The van der Waals surface area contributed by atoms with Gasteiger partial charge in [0.25, 0.3) is 0 Å². The van der Waals surface area contributed by atoms with E-state index in [1.54, 1.807) is 0 Å². The molecule has 1 N–H and O–H groups in total. The van der Waals surface area contributed by atoms with Crippen LogP contribution in [0.2, 0.25) is 0 Å². The van der Waals surface area contributed by atoms with Crippen LogP contribution in [0.5, 0.6) is 0 Å². The molecule has 1 spiro atoms. The number of rotatable bonds is 2. The van der Waals surface area contributed by atoms with Gasteiger partial charge in [0.1, 0.15) is 0 Å². The zero-order valence-electron chi connectivity index (χ0n) is 12.2. The molecular formula is C15H26N4. The van der Waals surface area contributed by atoms with E-state index in [2.05, 4.69) is 28.4 Å². The van der Waals surface area contributed by atoms with Crippen LogP contribution in [-0.4, -0.2) is 39.9 Å². The average molecular weight is 262 g/mol. The van der Waals surface area contributed by atoms with Crippen molar-refractivity contribution >= 4 is 0 Å². The van der Waals surface area contributed by atoms with Gasteiger partial charge in [0, 0.05) is 50.0 Å². The molecule has 1 saturated heterocycles. The Balaban J connectivity index is 1.83. The van der Waals surface area contributed by atoms with Crippen molar-refractivity contribution in [2.24, 2.45) is 7.05 Å². The molecule has 2 heterocycles. The summed E-state index contributed by atoms with van der Waals surface area (Å²) in [6.07, 6.45) is 11.1. The first kappa shape index (κ1) is 13.1. The van der Waals surface area contributed by atoms with Gasteiger partial charge in [0.2, 0.25) is 0 Å². The number of hydrogen-bond donors (Lipinski definition) is 1. The maximum atomic E-state index is 4.34. The lowest BCUT2D eigenvalue weighted by molar-refractivity contribution is -0.00280. The second-order valence-corrected chi connectivity index (χ2v) is 6.28. The molecule has 19 heavy (non-hydrogen) atoms. The van der Waals surface area contributed by atoms with E-state index < -0.39 is 0 Å². The Morgan fingerprint density at radius 1 is 1.32 bits per heavy atom. The summed E-state index contributed by atoms with van der Waals surface area (Å²) >= 11 is 0. The lowest BCUT2D eigenvalue weighted by Gasteiger charge is -2.52. The molecule has 3 rings (SSSR count). The molecule has 1 aromatic rings. The van der Waals surface area contributed by atoms with Gasteiger partial charge in [-0.15, -0.1) is 0 Å². The van der Waals surface area contributed by atoms with Crippen molar-refractivity contribution in [1.82, 2.24) is 20.0 Å². The Morgan fingerprint density at radius 3 is 2.79 bits per heavy atom. The predicted molar refractivity (Wildman–Crippen MR) is 77.0 cm³/mol. The van der Waals surface area contributed by atoms with Crippen molar-refractivity contribution in [2.45, 2.75) is 50.6 Å². The number of nitrogens with zero attached hydrogens (tertiary/aromatic N) is 3. The minimum absolute atomic E-state index is 0.395. The van der Waals surface area contributed by atoms with Crippen LogP contribution in [0.3, 0.4) is 0 Å². The first-order valence-electron chi connectivity index (χ1n) is 7.67. The molecule has 0 radical (unpaired) electrons. The highest BCUT2D eigenvalue weighted by Crippen LogP contribution is 2.39. The van der Waals surface area contributed by atoms with Crippen molar-refractivity contribution in [2.75, 3.05) is 19.6 Å². The molecule has 2 aliphatic rings. The summed E-state index contributed by atoms with van der Waals surface area (Å²) < 4.78 is 1.92. The number of aromatic nitrogens is 2. The highest BCUT2D eigenvalue weighted by atomic mass is 15.3. The van der Waals surface area contributed by atoms with Crippen LogP contribution in [0.4, 0.5) is 0 Å². The van der Waals surface area contributed by atoms with Gasteiger partial charge in [0.15, 0.2) is 0 Å². The topological polar surface area (TPSA) is 33.1 Å². The molecule has 106 valence electrons. The monoisotopic (exact) mass is 262 g/mol. The average Bonchev–Trinajstić information content (AvgIpc) is 2.86. The smallest absolute Gasteiger partial charge is 0.0537 e. The fourth-order valence-electron chi connectivity index (χ4n) is 3.97. The molecule has 2 fully saturated rings. The third-order valence-electron chi connectivity index (χ3n) is 5.05. The van der Waals surface area contributed by atoms with Gasteiger partial charge in [-0.05, 0) is 19.8 Å². The standard InChI is InChI=1S/C15H26N4/c1-13(14-10-17-18(2)11-14)19-9-8-16-12-15(19)6-4-3-5-7-15/h10-11,13,16H,3-9,12H2,1-2H3. The summed E-state index contributed by atoms with van der Waals surface area (Å²) in [5, 5.41) is 7.96. The van der Waals surface area contributed by atoms with Gasteiger partial charge < -0.3 is 5.32 Å². The Hall–Kier alpha value is -0.870. The van der Waals surface area contributed by atoms with Crippen LogP contribution in [0.1, 0.15) is 50.6 Å². The second kappa shape index (κ2) is 5.25. The molecule has 4 heteroatoms. The Bertz CT molecular complexity index is 411. The van der Waals surface area contributed by atoms with E-state index in [4.69, 9.17) is 0 Å². The number of hydrogen-bond acceptors (Lipinski definition) is 3. The fraction of sp³-hybridized carbons (Fsp3) is 0.800. The van der Waals surface area contributed by atoms with Crippen LogP contribution in [0, 0.1) is 0 Å². The Labute approximate surface area is 116 Å². The zero-order valence-corrected chi connectivity index (χ0v) is 12.2. The van der Waals surface area contributed by atoms with E-state index in [1.165, 1.54) is 37.7 Å². The molecule has 0 amide bonds. The molecule has 1 saturated carbocycles.